The van der Waals surface area contributed by atoms with Crippen LogP contribution in [0.15, 0.2) is 12.4 Å². The number of nitrogens with one attached hydrogen (secondary N) is 1. The van der Waals surface area contributed by atoms with Gasteiger partial charge >= 0.3 is 0 Å². The van der Waals surface area contributed by atoms with Crippen molar-refractivity contribution in [2.75, 3.05) is 18.4 Å². The molecule has 0 spiro atoms. The average Bonchev–Trinajstić information content (AvgIpc) is 2.53. The highest BCUT2D eigenvalue weighted by molar-refractivity contribution is 5.26. The van der Waals surface area contributed by atoms with Crippen LogP contribution in [0, 0.1) is 0 Å². The van der Waals surface area contributed by atoms with E-state index in [-0.39, 0.29) is 0 Å². The van der Waals surface area contributed by atoms with Crippen molar-refractivity contribution in [1.82, 2.24) is 9.55 Å². The van der Waals surface area contributed by atoms with Gasteiger partial charge in [-0.05, 0) is 26.8 Å². The minimum absolute atomic E-state index is 0.447. The Kier molecular flexibility index (Phi) is 3.76. The fraction of sp³-hybridized carbons (Fsp3) is 0.667. The smallest absolute Gasteiger partial charge is 0.203 e. The number of imidazole rings is 1. The molecule has 1 heterocycles. The number of hydrogen-bond donors (Lipinski definition) is 2. The molecule has 0 saturated carbocycles. The first-order valence-electron chi connectivity index (χ1n) is 4.72. The third kappa shape index (κ3) is 2.73. The molecule has 0 aliphatic rings. The number of rotatable bonds is 5. The minimum Gasteiger partial charge on any atom is -0.356 e. The molecule has 3 N–H and O–H groups in total. The van der Waals surface area contributed by atoms with E-state index in [0.29, 0.717) is 6.04 Å². The zero-order chi connectivity index (χ0) is 9.68. The van der Waals surface area contributed by atoms with Gasteiger partial charge in [-0.1, -0.05) is 0 Å². The van der Waals surface area contributed by atoms with Gasteiger partial charge in [0.15, 0.2) is 0 Å². The summed E-state index contributed by atoms with van der Waals surface area (Å²) in [6.07, 6.45) is 4.77. The lowest BCUT2D eigenvalue weighted by Gasteiger charge is -2.12. The summed E-state index contributed by atoms with van der Waals surface area (Å²) < 4.78 is 2.11. The lowest BCUT2D eigenvalue weighted by atomic mass is 10.4. The monoisotopic (exact) mass is 182 g/mol. The Morgan fingerprint density at radius 3 is 3.00 bits per heavy atom. The molecule has 1 aromatic rings. The highest BCUT2D eigenvalue weighted by atomic mass is 15.2. The molecule has 0 bridgehead atoms. The van der Waals surface area contributed by atoms with Crippen LogP contribution in [0.1, 0.15) is 26.3 Å². The predicted octanol–water partition coefficient (Wildman–Crippen LogP) is 1.22. The standard InChI is InChI=1S/C9H18N4/c1-8(2)13-7-6-12-9(13)11-5-3-4-10/h6-8H,3-5,10H2,1-2H3,(H,11,12). The van der Waals surface area contributed by atoms with E-state index < -0.39 is 0 Å². The molecule has 0 saturated heterocycles. The summed E-state index contributed by atoms with van der Waals surface area (Å²) in [5.41, 5.74) is 5.40. The number of nitrogens with two attached hydrogens (primary N) is 1. The molecular weight excluding hydrogens is 164 g/mol. The second kappa shape index (κ2) is 4.87. The van der Waals surface area contributed by atoms with Gasteiger partial charge in [0, 0.05) is 25.0 Å². The van der Waals surface area contributed by atoms with Crippen LogP contribution < -0.4 is 11.1 Å². The quantitative estimate of drug-likeness (QED) is 0.673. The fourth-order valence-electron chi connectivity index (χ4n) is 1.17. The van der Waals surface area contributed by atoms with Gasteiger partial charge in [-0.15, -0.1) is 0 Å². The molecule has 0 fully saturated rings. The van der Waals surface area contributed by atoms with Gasteiger partial charge in [-0.2, -0.15) is 0 Å². The van der Waals surface area contributed by atoms with Crippen molar-refractivity contribution in [1.29, 1.82) is 0 Å². The summed E-state index contributed by atoms with van der Waals surface area (Å²) in [5, 5.41) is 3.25. The van der Waals surface area contributed by atoms with E-state index in [0.717, 1.165) is 25.5 Å². The van der Waals surface area contributed by atoms with E-state index in [2.05, 4.69) is 28.7 Å². The Morgan fingerprint density at radius 1 is 1.62 bits per heavy atom. The van der Waals surface area contributed by atoms with E-state index in [4.69, 9.17) is 5.73 Å². The molecule has 0 atom stereocenters. The summed E-state index contributed by atoms with van der Waals surface area (Å²) in [7, 11) is 0. The molecule has 0 unspecified atom stereocenters. The zero-order valence-electron chi connectivity index (χ0n) is 8.33. The second-order valence-corrected chi connectivity index (χ2v) is 3.32. The Morgan fingerprint density at radius 2 is 2.38 bits per heavy atom. The molecule has 13 heavy (non-hydrogen) atoms. The van der Waals surface area contributed by atoms with E-state index in [9.17, 15) is 0 Å². The van der Waals surface area contributed by atoms with Crippen molar-refractivity contribution in [2.24, 2.45) is 5.73 Å². The van der Waals surface area contributed by atoms with Gasteiger partial charge in [0.2, 0.25) is 5.95 Å². The maximum absolute atomic E-state index is 5.40. The van der Waals surface area contributed by atoms with Gasteiger partial charge in [0.25, 0.3) is 0 Å². The highest BCUT2D eigenvalue weighted by Gasteiger charge is 2.03. The normalized spacial score (nSPS) is 10.8. The zero-order valence-corrected chi connectivity index (χ0v) is 8.33. The molecule has 1 aromatic heterocycles. The van der Waals surface area contributed by atoms with Gasteiger partial charge in [-0.3, -0.25) is 0 Å². The molecular formula is C9H18N4. The molecule has 4 heteroatoms. The summed E-state index contributed by atoms with van der Waals surface area (Å²) in [6.45, 7) is 5.88. The van der Waals surface area contributed by atoms with Crippen molar-refractivity contribution < 1.29 is 0 Å². The number of nitrogens with zero attached hydrogens (tertiary/aromatic N) is 2. The molecule has 74 valence electrons. The van der Waals surface area contributed by atoms with Crippen LogP contribution in [-0.4, -0.2) is 22.6 Å². The number of aromatic nitrogens is 2. The summed E-state index contributed by atoms with van der Waals surface area (Å²) >= 11 is 0. The first-order chi connectivity index (χ1) is 6.25. The summed E-state index contributed by atoms with van der Waals surface area (Å²) in [6, 6.07) is 0.447. The van der Waals surface area contributed by atoms with Crippen LogP contribution in [0.3, 0.4) is 0 Å². The number of anilines is 1. The summed E-state index contributed by atoms with van der Waals surface area (Å²) in [5.74, 6) is 0.934. The largest absolute Gasteiger partial charge is 0.356 e. The minimum atomic E-state index is 0.447. The van der Waals surface area contributed by atoms with Crippen LogP contribution in [0.2, 0.25) is 0 Å². The second-order valence-electron chi connectivity index (χ2n) is 3.32. The third-order valence-electron chi connectivity index (χ3n) is 1.89. The maximum atomic E-state index is 5.40. The van der Waals surface area contributed by atoms with Crippen LogP contribution in [-0.2, 0) is 0 Å². The first-order valence-corrected chi connectivity index (χ1v) is 4.72. The fourth-order valence-corrected chi connectivity index (χ4v) is 1.17. The summed E-state index contributed by atoms with van der Waals surface area (Å²) in [4.78, 5) is 4.22. The molecule has 0 aliphatic carbocycles. The molecule has 4 nitrogen and oxygen atoms in total. The van der Waals surface area contributed by atoms with E-state index in [1.807, 2.05) is 12.4 Å². The molecule has 0 aliphatic heterocycles. The average molecular weight is 182 g/mol. The van der Waals surface area contributed by atoms with Gasteiger partial charge < -0.3 is 15.6 Å². The van der Waals surface area contributed by atoms with Gasteiger partial charge in [0.1, 0.15) is 0 Å². The SMILES string of the molecule is CC(C)n1ccnc1NCCCN. The van der Waals surface area contributed by atoms with Crippen molar-refractivity contribution in [3.8, 4) is 0 Å². The van der Waals surface area contributed by atoms with E-state index >= 15 is 0 Å². The van der Waals surface area contributed by atoms with Crippen LogP contribution in [0.25, 0.3) is 0 Å². The van der Waals surface area contributed by atoms with Gasteiger partial charge in [-0.25, -0.2) is 4.98 Å². The maximum Gasteiger partial charge on any atom is 0.203 e. The van der Waals surface area contributed by atoms with Crippen LogP contribution in [0.4, 0.5) is 5.95 Å². The lowest BCUT2D eigenvalue weighted by Crippen LogP contribution is -2.13. The van der Waals surface area contributed by atoms with Crippen molar-refractivity contribution >= 4 is 5.95 Å². The lowest BCUT2D eigenvalue weighted by molar-refractivity contribution is 0.604. The molecule has 1 rings (SSSR count). The molecule has 0 radical (unpaired) electrons. The van der Waals surface area contributed by atoms with E-state index in [1.54, 1.807) is 0 Å². The predicted molar refractivity (Wildman–Crippen MR) is 54.8 cm³/mol. The third-order valence-corrected chi connectivity index (χ3v) is 1.89. The molecule has 0 amide bonds. The van der Waals surface area contributed by atoms with Gasteiger partial charge in [0.05, 0.1) is 0 Å². The number of hydrogen-bond acceptors (Lipinski definition) is 3. The topological polar surface area (TPSA) is 55.9 Å². The van der Waals surface area contributed by atoms with Crippen LogP contribution >= 0.6 is 0 Å². The Bertz CT molecular complexity index is 242. The van der Waals surface area contributed by atoms with Crippen LogP contribution in [0.5, 0.6) is 0 Å². The van der Waals surface area contributed by atoms with Crippen molar-refractivity contribution in [3.05, 3.63) is 12.4 Å². The molecule has 0 aromatic carbocycles. The highest BCUT2D eigenvalue weighted by Crippen LogP contribution is 2.11. The Balaban J connectivity index is 2.50. The Labute approximate surface area is 79.1 Å². The Hall–Kier alpha value is -1.03. The van der Waals surface area contributed by atoms with E-state index in [1.165, 1.54) is 0 Å². The first kappa shape index (κ1) is 10.1. The van der Waals surface area contributed by atoms with Crippen molar-refractivity contribution in [3.63, 3.8) is 0 Å². The van der Waals surface area contributed by atoms with Crippen molar-refractivity contribution in [2.45, 2.75) is 26.3 Å².